The summed E-state index contributed by atoms with van der Waals surface area (Å²) in [6, 6.07) is 7.01. The summed E-state index contributed by atoms with van der Waals surface area (Å²) in [7, 11) is 1.81. The molecule has 1 atom stereocenters. The first kappa shape index (κ1) is 17.2. The predicted octanol–water partition coefficient (Wildman–Crippen LogP) is 2.36. The molecule has 5 heteroatoms. The van der Waals surface area contributed by atoms with Crippen molar-refractivity contribution >= 4 is 5.96 Å². The summed E-state index contributed by atoms with van der Waals surface area (Å²) in [4.78, 5) is 6.83. The molecular formula is C19H29FN4. The van der Waals surface area contributed by atoms with Gasteiger partial charge in [0, 0.05) is 32.1 Å². The second-order valence-electron chi connectivity index (χ2n) is 7.15. The molecule has 3 rings (SSSR count). The van der Waals surface area contributed by atoms with Crippen molar-refractivity contribution in [3.63, 3.8) is 0 Å². The second kappa shape index (κ2) is 7.51. The monoisotopic (exact) mass is 332 g/mol. The molecule has 1 aliphatic carbocycles. The molecular weight excluding hydrogens is 303 g/mol. The molecule has 0 spiro atoms. The first-order valence-corrected chi connectivity index (χ1v) is 9.08. The third-order valence-corrected chi connectivity index (χ3v) is 5.48. The number of halogens is 1. The highest BCUT2D eigenvalue weighted by atomic mass is 19.1. The number of hydrogen-bond donors (Lipinski definition) is 2. The van der Waals surface area contributed by atoms with Gasteiger partial charge in [-0.15, -0.1) is 0 Å². The Kier molecular flexibility index (Phi) is 5.39. The highest BCUT2D eigenvalue weighted by Gasteiger charge is 2.44. The van der Waals surface area contributed by atoms with Gasteiger partial charge in [0.05, 0.1) is 0 Å². The lowest BCUT2D eigenvalue weighted by Crippen LogP contribution is -2.43. The van der Waals surface area contributed by atoms with Crippen molar-refractivity contribution in [3.05, 3.63) is 35.6 Å². The van der Waals surface area contributed by atoms with E-state index < -0.39 is 0 Å². The summed E-state index contributed by atoms with van der Waals surface area (Å²) in [6.45, 7) is 7.51. The smallest absolute Gasteiger partial charge is 0.191 e. The highest BCUT2D eigenvalue weighted by molar-refractivity contribution is 5.79. The van der Waals surface area contributed by atoms with Crippen LogP contribution in [0, 0.1) is 11.7 Å². The number of guanidine groups is 1. The van der Waals surface area contributed by atoms with Gasteiger partial charge < -0.3 is 15.5 Å². The van der Waals surface area contributed by atoms with E-state index in [1.54, 1.807) is 12.1 Å². The zero-order chi connectivity index (χ0) is 17.0. The van der Waals surface area contributed by atoms with Crippen LogP contribution in [0.15, 0.2) is 29.3 Å². The zero-order valence-electron chi connectivity index (χ0n) is 14.8. The fourth-order valence-electron chi connectivity index (χ4n) is 3.62. The molecule has 1 heterocycles. The summed E-state index contributed by atoms with van der Waals surface area (Å²) in [5.74, 6) is 1.40. The van der Waals surface area contributed by atoms with Crippen LogP contribution in [0.2, 0.25) is 0 Å². The van der Waals surface area contributed by atoms with Gasteiger partial charge in [-0.25, -0.2) is 4.39 Å². The molecule has 4 nitrogen and oxygen atoms in total. The summed E-state index contributed by atoms with van der Waals surface area (Å²) >= 11 is 0. The van der Waals surface area contributed by atoms with E-state index in [9.17, 15) is 4.39 Å². The maximum Gasteiger partial charge on any atom is 0.191 e. The van der Waals surface area contributed by atoms with Crippen LogP contribution in [0.5, 0.6) is 0 Å². The first-order chi connectivity index (χ1) is 11.6. The van der Waals surface area contributed by atoms with Gasteiger partial charge in [0.2, 0.25) is 0 Å². The Morgan fingerprint density at radius 2 is 2.21 bits per heavy atom. The second-order valence-corrected chi connectivity index (χ2v) is 7.15. The standard InChI is InChI=1S/C19H29FN4/c1-3-24-10-7-15(13-24)12-22-18(21-2)23-14-19(8-9-19)16-5-4-6-17(20)11-16/h4-6,11,15H,3,7-10,12-14H2,1-2H3,(H2,21,22,23). The largest absolute Gasteiger partial charge is 0.356 e. The van der Waals surface area contributed by atoms with Crippen LogP contribution >= 0.6 is 0 Å². The van der Waals surface area contributed by atoms with Crippen LogP contribution in [0.3, 0.4) is 0 Å². The molecule has 0 bridgehead atoms. The van der Waals surface area contributed by atoms with E-state index >= 15 is 0 Å². The van der Waals surface area contributed by atoms with Crippen LogP contribution in [0.1, 0.15) is 31.7 Å². The number of nitrogens with one attached hydrogen (secondary N) is 2. The normalized spacial score (nSPS) is 23.3. The maximum absolute atomic E-state index is 13.5. The predicted molar refractivity (Wildman–Crippen MR) is 96.9 cm³/mol. The zero-order valence-corrected chi connectivity index (χ0v) is 14.8. The van der Waals surface area contributed by atoms with Gasteiger partial charge in [-0.3, -0.25) is 4.99 Å². The van der Waals surface area contributed by atoms with Gasteiger partial charge in [0.25, 0.3) is 0 Å². The molecule has 24 heavy (non-hydrogen) atoms. The highest BCUT2D eigenvalue weighted by Crippen LogP contribution is 2.47. The van der Waals surface area contributed by atoms with Crippen LogP contribution in [-0.4, -0.2) is 50.6 Å². The Hall–Kier alpha value is -1.62. The minimum Gasteiger partial charge on any atom is -0.356 e. The van der Waals surface area contributed by atoms with Gasteiger partial charge in [0.1, 0.15) is 5.82 Å². The van der Waals surface area contributed by atoms with E-state index in [-0.39, 0.29) is 11.2 Å². The third kappa shape index (κ3) is 4.07. The minimum absolute atomic E-state index is 0.0755. The van der Waals surface area contributed by atoms with Crippen LogP contribution in [-0.2, 0) is 5.41 Å². The molecule has 1 saturated carbocycles. The fraction of sp³-hybridized carbons (Fsp3) is 0.632. The van der Waals surface area contributed by atoms with Crippen molar-refractivity contribution in [2.45, 2.75) is 31.6 Å². The summed E-state index contributed by atoms with van der Waals surface area (Å²) in [5, 5.41) is 6.90. The molecule has 0 aromatic heterocycles. The van der Waals surface area contributed by atoms with Crippen LogP contribution in [0.25, 0.3) is 0 Å². The summed E-state index contributed by atoms with van der Waals surface area (Å²) in [5.41, 5.74) is 1.17. The van der Waals surface area contributed by atoms with Crippen molar-refractivity contribution in [3.8, 4) is 0 Å². The molecule has 2 aliphatic rings. The Morgan fingerprint density at radius 1 is 1.38 bits per heavy atom. The van der Waals surface area contributed by atoms with Crippen molar-refractivity contribution < 1.29 is 4.39 Å². The lowest BCUT2D eigenvalue weighted by molar-refractivity contribution is 0.341. The summed E-state index contributed by atoms with van der Waals surface area (Å²) in [6.07, 6.45) is 3.47. The Labute approximate surface area is 144 Å². The third-order valence-electron chi connectivity index (χ3n) is 5.48. The van der Waals surface area contributed by atoms with Crippen molar-refractivity contribution in [2.24, 2.45) is 10.9 Å². The number of benzene rings is 1. The molecule has 0 radical (unpaired) electrons. The Morgan fingerprint density at radius 3 is 2.83 bits per heavy atom. The van der Waals surface area contributed by atoms with Crippen molar-refractivity contribution in [1.29, 1.82) is 0 Å². The lowest BCUT2D eigenvalue weighted by Gasteiger charge is -2.20. The molecule has 2 N–H and O–H groups in total. The number of aliphatic imine (C=N–C) groups is 1. The van der Waals surface area contributed by atoms with Gasteiger partial charge in [-0.2, -0.15) is 0 Å². The van der Waals surface area contributed by atoms with Crippen LogP contribution < -0.4 is 10.6 Å². The topological polar surface area (TPSA) is 39.7 Å². The van der Waals surface area contributed by atoms with Crippen LogP contribution in [0.4, 0.5) is 4.39 Å². The average Bonchev–Trinajstić information content (AvgIpc) is 3.25. The maximum atomic E-state index is 13.5. The van der Waals surface area contributed by atoms with Gasteiger partial charge in [-0.05, 0) is 56.0 Å². The van der Waals surface area contributed by atoms with Gasteiger partial charge in [0.15, 0.2) is 5.96 Å². The Bertz CT molecular complexity index is 582. The minimum atomic E-state index is -0.150. The van der Waals surface area contributed by atoms with E-state index in [1.165, 1.54) is 25.6 Å². The van der Waals surface area contributed by atoms with E-state index in [2.05, 4.69) is 27.4 Å². The average molecular weight is 332 g/mol. The summed E-state index contributed by atoms with van der Waals surface area (Å²) < 4.78 is 13.5. The van der Waals surface area contributed by atoms with Gasteiger partial charge >= 0.3 is 0 Å². The molecule has 1 aromatic rings. The molecule has 2 fully saturated rings. The first-order valence-electron chi connectivity index (χ1n) is 9.08. The number of likely N-dealkylation sites (tertiary alicyclic amines) is 1. The molecule has 1 aliphatic heterocycles. The molecule has 1 saturated heterocycles. The Balaban J connectivity index is 1.48. The SMILES string of the molecule is CCN1CCC(CNC(=NC)NCC2(c3cccc(F)c3)CC2)C1. The van der Waals surface area contributed by atoms with E-state index in [0.717, 1.165) is 44.0 Å². The molecule has 1 unspecified atom stereocenters. The van der Waals surface area contributed by atoms with E-state index in [4.69, 9.17) is 0 Å². The number of rotatable bonds is 6. The van der Waals surface area contributed by atoms with Gasteiger partial charge in [-0.1, -0.05) is 19.1 Å². The number of nitrogens with zero attached hydrogens (tertiary/aromatic N) is 2. The van der Waals surface area contributed by atoms with E-state index in [1.807, 2.05) is 13.1 Å². The molecule has 0 amide bonds. The van der Waals surface area contributed by atoms with Crippen molar-refractivity contribution in [1.82, 2.24) is 15.5 Å². The molecule has 1 aromatic carbocycles. The quantitative estimate of drug-likeness (QED) is 0.621. The molecule has 132 valence electrons. The lowest BCUT2D eigenvalue weighted by atomic mass is 9.96. The number of hydrogen-bond acceptors (Lipinski definition) is 2. The van der Waals surface area contributed by atoms with Crippen molar-refractivity contribution in [2.75, 3.05) is 39.8 Å². The van der Waals surface area contributed by atoms with E-state index in [0.29, 0.717) is 5.92 Å². The fourth-order valence-corrected chi connectivity index (χ4v) is 3.62.